The number of carbonyl (C=O) groups excluding carboxylic acids is 2. The monoisotopic (exact) mass is 414 g/mol. The molecule has 0 heterocycles. The molecule has 0 radical (unpaired) electrons. The Morgan fingerprint density at radius 1 is 1.10 bits per heavy atom. The number of halogens is 1. The smallest absolute Gasteiger partial charge is 0.311 e. The quantitative estimate of drug-likeness (QED) is 0.307. The van der Waals surface area contributed by atoms with Gasteiger partial charge >= 0.3 is 5.97 Å². The first-order chi connectivity index (χ1) is 13.4. The van der Waals surface area contributed by atoms with E-state index in [1.807, 2.05) is 40.7 Å². The molecular weight excluding hydrogens is 387 g/mol. The van der Waals surface area contributed by atoms with E-state index in [9.17, 15) is 14.0 Å². The maximum atomic E-state index is 14.0. The second-order valence-corrected chi connectivity index (χ2v) is 9.30. The van der Waals surface area contributed by atoms with Gasteiger partial charge < -0.3 is 4.74 Å². The SMILES string of the molecule is C=C(CC(=O)OC(C)(C)C)Sc1cc(C(=O)Cc2cc(C)ccc2F)ccc1C. The molecule has 0 aromatic heterocycles. The lowest BCUT2D eigenvalue weighted by molar-refractivity contribution is -0.153. The van der Waals surface area contributed by atoms with Gasteiger partial charge in [0.1, 0.15) is 11.4 Å². The number of ether oxygens (including phenoxy) is 1. The molecule has 0 bridgehead atoms. The zero-order chi connectivity index (χ0) is 21.8. The molecule has 3 nitrogen and oxygen atoms in total. The van der Waals surface area contributed by atoms with E-state index >= 15 is 0 Å². The van der Waals surface area contributed by atoms with Crippen LogP contribution in [0.1, 0.15) is 54.2 Å². The minimum atomic E-state index is -0.546. The van der Waals surface area contributed by atoms with Crippen molar-refractivity contribution in [3.05, 3.63) is 76.0 Å². The number of aryl methyl sites for hydroxylation is 2. The summed E-state index contributed by atoms with van der Waals surface area (Å²) in [6, 6.07) is 10.1. The average Bonchev–Trinajstić information content (AvgIpc) is 2.58. The number of hydrogen-bond donors (Lipinski definition) is 0. The van der Waals surface area contributed by atoms with Crippen LogP contribution < -0.4 is 0 Å². The Kier molecular flexibility index (Phi) is 7.42. The molecule has 0 N–H and O–H groups in total. The summed E-state index contributed by atoms with van der Waals surface area (Å²) in [6.07, 6.45) is 0.0909. The summed E-state index contributed by atoms with van der Waals surface area (Å²) < 4.78 is 19.3. The summed E-state index contributed by atoms with van der Waals surface area (Å²) in [6.45, 7) is 13.2. The molecule has 29 heavy (non-hydrogen) atoms. The highest BCUT2D eigenvalue weighted by atomic mass is 32.2. The molecule has 0 atom stereocenters. The molecule has 0 unspecified atom stereocenters. The molecule has 0 aliphatic rings. The second kappa shape index (κ2) is 9.40. The van der Waals surface area contributed by atoms with Crippen molar-refractivity contribution in [1.29, 1.82) is 0 Å². The lowest BCUT2D eigenvalue weighted by Gasteiger charge is -2.19. The Morgan fingerprint density at radius 3 is 2.45 bits per heavy atom. The first-order valence-corrected chi connectivity index (χ1v) is 10.2. The van der Waals surface area contributed by atoms with Crippen molar-refractivity contribution < 1.29 is 18.7 Å². The predicted molar refractivity (Wildman–Crippen MR) is 116 cm³/mol. The van der Waals surface area contributed by atoms with Gasteiger partial charge in [0.15, 0.2) is 5.78 Å². The number of Topliss-reactive ketones (excluding diaryl/α,β-unsaturated/α-hetero) is 1. The van der Waals surface area contributed by atoms with Crippen molar-refractivity contribution in [2.24, 2.45) is 0 Å². The van der Waals surface area contributed by atoms with Crippen LogP contribution in [0.4, 0.5) is 4.39 Å². The van der Waals surface area contributed by atoms with Crippen molar-refractivity contribution in [3.8, 4) is 0 Å². The van der Waals surface area contributed by atoms with Gasteiger partial charge in [-0.25, -0.2) is 4.39 Å². The molecule has 2 rings (SSSR count). The molecule has 0 spiro atoms. The van der Waals surface area contributed by atoms with E-state index in [4.69, 9.17) is 4.74 Å². The maximum absolute atomic E-state index is 14.0. The Labute approximate surface area is 176 Å². The van der Waals surface area contributed by atoms with Crippen LogP contribution in [0.5, 0.6) is 0 Å². The van der Waals surface area contributed by atoms with Gasteiger partial charge in [0.2, 0.25) is 0 Å². The van der Waals surface area contributed by atoms with Crippen LogP contribution in [0.15, 0.2) is 52.8 Å². The molecule has 5 heteroatoms. The maximum Gasteiger partial charge on any atom is 0.311 e. The number of esters is 1. The summed E-state index contributed by atoms with van der Waals surface area (Å²) in [5, 5.41) is 0. The van der Waals surface area contributed by atoms with Gasteiger partial charge in [-0.15, -0.1) is 0 Å². The summed E-state index contributed by atoms with van der Waals surface area (Å²) in [5.41, 5.74) is 2.23. The van der Waals surface area contributed by atoms with E-state index in [0.29, 0.717) is 16.0 Å². The van der Waals surface area contributed by atoms with E-state index in [1.54, 1.807) is 24.3 Å². The van der Waals surface area contributed by atoms with Crippen LogP contribution in [0.2, 0.25) is 0 Å². The van der Waals surface area contributed by atoms with Gasteiger partial charge in [0.25, 0.3) is 0 Å². The number of ketones is 1. The molecule has 0 amide bonds. The topological polar surface area (TPSA) is 43.4 Å². The fourth-order valence-electron chi connectivity index (χ4n) is 2.73. The third-order valence-electron chi connectivity index (χ3n) is 4.08. The van der Waals surface area contributed by atoms with Gasteiger partial charge in [-0.05, 0) is 62.8 Å². The molecule has 154 valence electrons. The minimum absolute atomic E-state index is 0.000460. The van der Waals surface area contributed by atoms with Gasteiger partial charge in [-0.2, -0.15) is 0 Å². The number of hydrogen-bond acceptors (Lipinski definition) is 4. The molecule has 0 aliphatic heterocycles. The molecule has 2 aromatic carbocycles. The largest absolute Gasteiger partial charge is 0.460 e. The summed E-state index contributed by atoms with van der Waals surface area (Å²) >= 11 is 1.35. The third kappa shape index (κ3) is 7.17. The van der Waals surface area contributed by atoms with Gasteiger partial charge in [0.05, 0.1) is 6.42 Å². The molecular formula is C24H27FO3S. The van der Waals surface area contributed by atoms with Crippen LogP contribution in [-0.2, 0) is 16.0 Å². The lowest BCUT2D eigenvalue weighted by atomic mass is 10.0. The van der Waals surface area contributed by atoms with Crippen molar-refractivity contribution in [3.63, 3.8) is 0 Å². The van der Waals surface area contributed by atoms with Gasteiger partial charge in [-0.3, -0.25) is 9.59 Å². The van der Waals surface area contributed by atoms with E-state index in [0.717, 1.165) is 16.0 Å². The van der Waals surface area contributed by atoms with Crippen LogP contribution in [0.3, 0.4) is 0 Å². The highest BCUT2D eigenvalue weighted by molar-refractivity contribution is 8.03. The number of carbonyl (C=O) groups is 2. The Morgan fingerprint density at radius 2 is 1.79 bits per heavy atom. The number of rotatable bonds is 7. The standard InChI is InChI=1S/C24H27FO3S/c1-15-7-10-20(25)19(11-15)13-21(26)18-9-8-16(2)22(14-18)29-17(3)12-23(27)28-24(4,5)6/h7-11,14H,3,12-13H2,1-2,4-6H3. The minimum Gasteiger partial charge on any atom is -0.460 e. The fraction of sp³-hybridized carbons (Fsp3) is 0.333. The zero-order valence-corrected chi connectivity index (χ0v) is 18.4. The van der Waals surface area contributed by atoms with Crippen LogP contribution in [-0.4, -0.2) is 17.4 Å². The predicted octanol–water partition coefficient (Wildman–Crippen LogP) is 6.21. The third-order valence-corrected chi connectivity index (χ3v) is 5.17. The van der Waals surface area contributed by atoms with Gasteiger partial charge in [0, 0.05) is 16.9 Å². The Hall–Kier alpha value is -2.40. The van der Waals surface area contributed by atoms with E-state index in [-0.39, 0.29) is 30.4 Å². The molecule has 2 aromatic rings. The van der Waals surface area contributed by atoms with Crippen LogP contribution >= 0.6 is 11.8 Å². The normalized spacial score (nSPS) is 11.2. The molecule has 0 aliphatic carbocycles. The number of thioether (sulfide) groups is 1. The average molecular weight is 415 g/mol. The summed E-state index contributed by atoms with van der Waals surface area (Å²) in [4.78, 5) is 26.2. The summed E-state index contributed by atoms with van der Waals surface area (Å²) in [5.74, 6) is -0.875. The Balaban J connectivity index is 2.10. The first-order valence-electron chi connectivity index (χ1n) is 9.41. The molecule has 0 fully saturated rings. The Bertz CT molecular complexity index is 942. The van der Waals surface area contributed by atoms with Crippen molar-refractivity contribution in [2.45, 2.75) is 58.0 Å². The van der Waals surface area contributed by atoms with E-state index in [2.05, 4.69) is 6.58 Å². The van der Waals surface area contributed by atoms with E-state index in [1.165, 1.54) is 17.8 Å². The van der Waals surface area contributed by atoms with E-state index < -0.39 is 5.60 Å². The van der Waals surface area contributed by atoms with Crippen molar-refractivity contribution >= 4 is 23.5 Å². The highest BCUT2D eigenvalue weighted by Gasteiger charge is 2.18. The number of benzene rings is 2. The second-order valence-electron chi connectivity index (χ2n) is 8.08. The van der Waals surface area contributed by atoms with Crippen LogP contribution in [0.25, 0.3) is 0 Å². The molecule has 0 saturated heterocycles. The van der Waals surface area contributed by atoms with Crippen molar-refractivity contribution in [2.75, 3.05) is 0 Å². The fourth-order valence-corrected chi connectivity index (χ4v) is 3.64. The lowest BCUT2D eigenvalue weighted by Crippen LogP contribution is -2.23. The zero-order valence-electron chi connectivity index (χ0n) is 17.6. The highest BCUT2D eigenvalue weighted by Crippen LogP contribution is 2.32. The first kappa shape index (κ1) is 22.9. The summed E-state index contributed by atoms with van der Waals surface area (Å²) in [7, 11) is 0. The van der Waals surface area contributed by atoms with Crippen molar-refractivity contribution in [1.82, 2.24) is 0 Å². The molecule has 0 saturated carbocycles. The van der Waals surface area contributed by atoms with Gasteiger partial charge in [-0.1, -0.05) is 48.2 Å². The van der Waals surface area contributed by atoms with Crippen LogP contribution in [0, 0.1) is 19.7 Å².